The number of halogens is 1. The van der Waals surface area contributed by atoms with E-state index in [2.05, 4.69) is 33.3 Å². The van der Waals surface area contributed by atoms with Gasteiger partial charge in [-0.15, -0.1) is 0 Å². The Labute approximate surface area is 187 Å². The Bertz CT molecular complexity index is 530. The SMILES string of the molecule is CCCCCCCCCCCCCCCCCCNC(=O)c1c(Br)cnn1CC. The molecular weight excluding hydrogens is 426 g/mol. The average molecular weight is 471 g/mol. The zero-order valence-corrected chi connectivity index (χ0v) is 20.6. The van der Waals surface area contributed by atoms with Gasteiger partial charge in [0.2, 0.25) is 0 Å². The van der Waals surface area contributed by atoms with Gasteiger partial charge in [-0.3, -0.25) is 9.48 Å². The van der Waals surface area contributed by atoms with Gasteiger partial charge in [-0.05, 0) is 29.3 Å². The maximum atomic E-state index is 12.3. The molecule has 1 amide bonds. The molecule has 1 rings (SSSR count). The van der Waals surface area contributed by atoms with Gasteiger partial charge >= 0.3 is 0 Å². The standard InChI is InChI=1S/C24H44BrN3O/c1-3-5-6-7-8-9-10-11-12-13-14-15-16-17-18-19-20-26-24(29)23-22(25)21-27-28(23)4-2/h21H,3-20H2,1-2H3,(H,26,29). The number of aryl methyl sites for hydroxylation is 1. The summed E-state index contributed by atoms with van der Waals surface area (Å²) in [6, 6.07) is 0. The van der Waals surface area contributed by atoms with Crippen LogP contribution >= 0.6 is 15.9 Å². The minimum atomic E-state index is -0.0304. The van der Waals surface area contributed by atoms with Crippen LogP contribution in [0, 0.1) is 0 Å². The van der Waals surface area contributed by atoms with E-state index in [9.17, 15) is 4.79 Å². The van der Waals surface area contributed by atoms with Crippen molar-refractivity contribution in [1.29, 1.82) is 0 Å². The van der Waals surface area contributed by atoms with Crippen LogP contribution in [-0.2, 0) is 6.54 Å². The molecule has 0 radical (unpaired) electrons. The minimum Gasteiger partial charge on any atom is -0.351 e. The highest BCUT2D eigenvalue weighted by atomic mass is 79.9. The summed E-state index contributed by atoms with van der Waals surface area (Å²) in [5.41, 5.74) is 0.629. The van der Waals surface area contributed by atoms with Gasteiger partial charge in [0.25, 0.3) is 5.91 Å². The molecule has 0 spiro atoms. The predicted molar refractivity (Wildman–Crippen MR) is 127 cm³/mol. The van der Waals surface area contributed by atoms with Gasteiger partial charge in [0, 0.05) is 13.1 Å². The van der Waals surface area contributed by atoms with Crippen molar-refractivity contribution < 1.29 is 4.79 Å². The molecule has 0 aromatic carbocycles. The summed E-state index contributed by atoms with van der Waals surface area (Å²) in [4.78, 5) is 12.3. The normalized spacial score (nSPS) is 11.1. The molecule has 168 valence electrons. The lowest BCUT2D eigenvalue weighted by molar-refractivity contribution is 0.0941. The van der Waals surface area contributed by atoms with Crippen LogP contribution in [0.3, 0.4) is 0 Å². The van der Waals surface area contributed by atoms with E-state index in [1.54, 1.807) is 10.9 Å². The number of hydrogen-bond donors (Lipinski definition) is 1. The lowest BCUT2D eigenvalue weighted by atomic mass is 10.0. The molecule has 0 fully saturated rings. The van der Waals surface area contributed by atoms with Gasteiger partial charge in [-0.2, -0.15) is 5.10 Å². The fraction of sp³-hybridized carbons (Fsp3) is 0.833. The van der Waals surface area contributed by atoms with Crippen molar-refractivity contribution in [2.45, 2.75) is 123 Å². The molecule has 0 aliphatic carbocycles. The number of rotatable bonds is 19. The summed E-state index contributed by atoms with van der Waals surface area (Å²) >= 11 is 3.41. The van der Waals surface area contributed by atoms with Crippen molar-refractivity contribution in [2.75, 3.05) is 6.54 Å². The smallest absolute Gasteiger partial charge is 0.270 e. The lowest BCUT2D eigenvalue weighted by Crippen LogP contribution is -2.27. The summed E-state index contributed by atoms with van der Waals surface area (Å²) in [6.45, 7) is 5.72. The third kappa shape index (κ3) is 12.5. The van der Waals surface area contributed by atoms with Crippen molar-refractivity contribution in [2.24, 2.45) is 0 Å². The van der Waals surface area contributed by atoms with E-state index in [1.807, 2.05) is 6.92 Å². The number of carbonyl (C=O) groups is 1. The van der Waals surface area contributed by atoms with Gasteiger partial charge in [0.05, 0.1) is 10.7 Å². The summed E-state index contributed by atoms with van der Waals surface area (Å²) in [6.07, 6.45) is 23.5. The van der Waals surface area contributed by atoms with E-state index in [0.29, 0.717) is 12.2 Å². The second-order valence-electron chi connectivity index (χ2n) is 8.22. The minimum absolute atomic E-state index is 0.0304. The van der Waals surface area contributed by atoms with Crippen molar-refractivity contribution in [3.05, 3.63) is 16.4 Å². The molecule has 0 atom stereocenters. The van der Waals surface area contributed by atoms with E-state index < -0.39 is 0 Å². The fourth-order valence-corrected chi connectivity index (χ4v) is 4.26. The molecule has 0 aliphatic rings. The number of hydrogen-bond acceptors (Lipinski definition) is 2. The highest BCUT2D eigenvalue weighted by molar-refractivity contribution is 9.10. The highest BCUT2D eigenvalue weighted by Crippen LogP contribution is 2.16. The van der Waals surface area contributed by atoms with Crippen LogP contribution in [0.25, 0.3) is 0 Å². The zero-order chi connectivity index (χ0) is 21.2. The molecule has 1 aromatic heterocycles. The fourth-order valence-electron chi connectivity index (χ4n) is 3.79. The maximum absolute atomic E-state index is 12.3. The van der Waals surface area contributed by atoms with E-state index in [4.69, 9.17) is 0 Å². The highest BCUT2D eigenvalue weighted by Gasteiger charge is 2.15. The van der Waals surface area contributed by atoms with Crippen molar-refractivity contribution >= 4 is 21.8 Å². The number of nitrogens with one attached hydrogen (secondary N) is 1. The Kier molecular flexibility index (Phi) is 16.2. The summed E-state index contributed by atoms with van der Waals surface area (Å²) in [7, 11) is 0. The molecular formula is C24H44BrN3O. The van der Waals surface area contributed by atoms with E-state index in [0.717, 1.165) is 17.4 Å². The molecule has 1 N–H and O–H groups in total. The largest absolute Gasteiger partial charge is 0.351 e. The van der Waals surface area contributed by atoms with Crippen molar-refractivity contribution in [1.82, 2.24) is 15.1 Å². The van der Waals surface area contributed by atoms with Gasteiger partial charge in [0.15, 0.2) is 0 Å². The van der Waals surface area contributed by atoms with Crippen molar-refractivity contribution in [3.63, 3.8) is 0 Å². The first kappa shape index (κ1) is 26.2. The Morgan fingerprint density at radius 3 is 1.72 bits per heavy atom. The summed E-state index contributed by atoms with van der Waals surface area (Å²) < 4.78 is 2.50. The Hall–Kier alpha value is -0.840. The number of nitrogens with zero attached hydrogens (tertiary/aromatic N) is 2. The van der Waals surface area contributed by atoms with Gasteiger partial charge < -0.3 is 5.32 Å². The Morgan fingerprint density at radius 2 is 1.28 bits per heavy atom. The Balaban J connectivity index is 1.85. The van der Waals surface area contributed by atoms with E-state index in [-0.39, 0.29) is 5.91 Å². The summed E-state index contributed by atoms with van der Waals surface area (Å²) in [5.74, 6) is -0.0304. The lowest BCUT2D eigenvalue weighted by Gasteiger charge is -2.07. The van der Waals surface area contributed by atoms with E-state index >= 15 is 0 Å². The first-order valence-corrected chi connectivity index (χ1v) is 13.0. The van der Waals surface area contributed by atoms with Crippen LogP contribution in [-0.4, -0.2) is 22.2 Å². The van der Waals surface area contributed by atoms with E-state index in [1.165, 1.54) is 96.3 Å². The van der Waals surface area contributed by atoms with Gasteiger partial charge in [-0.25, -0.2) is 0 Å². The summed E-state index contributed by atoms with van der Waals surface area (Å²) in [5, 5.41) is 7.21. The first-order chi connectivity index (χ1) is 14.2. The monoisotopic (exact) mass is 469 g/mol. The number of carbonyl (C=O) groups excluding carboxylic acids is 1. The quantitative estimate of drug-likeness (QED) is 0.211. The van der Waals surface area contributed by atoms with Crippen LogP contribution in [0.2, 0.25) is 0 Å². The van der Waals surface area contributed by atoms with Crippen LogP contribution in [0.1, 0.15) is 127 Å². The van der Waals surface area contributed by atoms with Crippen LogP contribution in [0.15, 0.2) is 10.7 Å². The second-order valence-corrected chi connectivity index (χ2v) is 9.07. The number of aromatic nitrogens is 2. The van der Waals surface area contributed by atoms with Crippen molar-refractivity contribution in [3.8, 4) is 0 Å². The third-order valence-electron chi connectivity index (χ3n) is 5.63. The molecule has 0 saturated carbocycles. The molecule has 29 heavy (non-hydrogen) atoms. The van der Waals surface area contributed by atoms with Crippen LogP contribution in [0.5, 0.6) is 0 Å². The second kappa shape index (κ2) is 18.0. The van der Waals surface area contributed by atoms with Crippen LogP contribution < -0.4 is 5.32 Å². The number of amides is 1. The number of unbranched alkanes of at least 4 members (excludes halogenated alkanes) is 15. The third-order valence-corrected chi connectivity index (χ3v) is 6.21. The molecule has 1 heterocycles. The molecule has 4 nitrogen and oxygen atoms in total. The topological polar surface area (TPSA) is 46.9 Å². The van der Waals surface area contributed by atoms with Crippen LogP contribution in [0.4, 0.5) is 0 Å². The molecule has 0 saturated heterocycles. The molecule has 1 aromatic rings. The average Bonchev–Trinajstić information content (AvgIpc) is 3.10. The molecule has 0 bridgehead atoms. The first-order valence-electron chi connectivity index (χ1n) is 12.2. The molecule has 0 unspecified atom stereocenters. The predicted octanol–water partition coefficient (Wildman–Crippen LogP) is 7.66. The molecule has 0 aliphatic heterocycles. The van der Waals surface area contributed by atoms with Gasteiger partial charge in [0.1, 0.15) is 5.69 Å². The maximum Gasteiger partial charge on any atom is 0.270 e. The zero-order valence-electron chi connectivity index (χ0n) is 19.0. The van der Waals surface area contributed by atoms with Gasteiger partial charge in [-0.1, -0.05) is 103 Å². The molecule has 5 heteroatoms. The Morgan fingerprint density at radius 1 is 0.828 bits per heavy atom.